The van der Waals surface area contributed by atoms with Crippen LogP contribution in [0.2, 0.25) is 0 Å². The molecule has 0 saturated heterocycles. The molecule has 1 fully saturated rings. The number of carbonyl (C=O) groups is 1. The van der Waals surface area contributed by atoms with E-state index >= 15 is 0 Å². The largest absolute Gasteiger partial charge is 0.483 e. The van der Waals surface area contributed by atoms with Gasteiger partial charge in [0.2, 0.25) is 5.78 Å². The first-order valence-corrected chi connectivity index (χ1v) is 6.96. The van der Waals surface area contributed by atoms with Gasteiger partial charge in [-0.05, 0) is 31.6 Å². The van der Waals surface area contributed by atoms with E-state index in [4.69, 9.17) is 4.74 Å². The van der Waals surface area contributed by atoms with E-state index in [1.54, 1.807) is 6.08 Å². The van der Waals surface area contributed by atoms with Gasteiger partial charge in [0.25, 0.3) is 0 Å². The van der Waals surface area contributed by atoms with Gasteiger partial charge in [0, 0.05) is 24.5 Å². The number of hydrogen-bond donors (Lipinski definition) is 1. The van der Waals surface area contributed by atoms with Crippen LogP contribution in [0.25, 0.3) is 0 Å². The maximum atomic E-state index is 12.3. The molecule has 2 aliphatic rings. The first-order chi connectivity index (χ1) is 8.40. The number of carbonyl (C=O) groups excluding carboxylic acids is 1. The molecule has 2 rings (SSSR count). The summed E-state index contributed by atoms with van der Waals surface area (Å²) < 4.78 is 5.99. The summed E-state index contributed by atoms with van der Waals surface area (Å²) >= 11 is 0. The van der Waals surface area contributed by atoms with Gasteiger partial charge < -0.3 is 9.84 Å². The highest BCUT2D eigenvalue weighted by Gasteiger charge is 2.52. The minimum Gasteiger partial charge on any atom is -0.483 e. The maximum Gasteiger partial charge on any atom is 0.202 e. The Kier molecular flexibility index (Phi) is 3.54. The van der Waals surface area contributed by atoms with E-state index in [0.717, 1.165) is 18.6 Å². The summed E-state index contributed by atoms with van der Waals surface area (Å²) in [6, 6.07) is 0. The Morgan fingerprint density at radius 1 is 1.50 bits per heavy atom. The molecule has 1 saturated carbocycles. The topological polar surface area (TPSA) is 46.5 Å². The van der Waals surface area contributed by atoms with Crippen LogP contribution in [0.1, 0.15) is 40.5 Å². The zero-order chi connectivity index (χ0) is 13.5. The number of aliphatic hydroxyl groups excluding tert-OH is 1. The third-order valence-corrected chi connectivity index (χ3v) is 4.76. The van der Waals surface area contributed by atoms with Crippen LogP contribution < -0.4 is 0 Å². The van der Waals surface area contributed by atoms with Crippen LogP contribution >= 0.6 is 0 Å². The van der Waals surface area contributed by atoms with E-state index in [-0.39, 0.29) is 30.1 Å². The van der Waals surface area contributed by atoms with Gasteiger partial charge in [0.1, 0.15) is 5.76 Å². The molecule has 0 bridgehead atoms. The second-order valence-corrected chi connectivity index (χ2v) is 6.28. The number of rotatable bonds is 3. The number of ether oxygens (including phenoxy) is 1. The summed E-state index contributed by atoms with van der Waals surface area (Å²) in [7, 11) is 0. The molecule has 0 radical (unpaired) electrons. The van der Waals surface area contributed by atoms with E-state index in [1.807, 2.05) is 20.8 Å². The molecule has 0 amide bonds. The molecule has 3 nitrogen and oxygen atoms in total. The van der Waals surface area contributed by atoms with Gasteiger partial charge >= 0.3 is 0 Å². The van der Waals surface area contributed by atoms with Crippen LogP contribution in [-0.2, 0) is 9.53 Å². The maximum absolute atomic E-state index is 12.3. The normalized spacial score (nSPS) is 40.2. The monoisotopic (exact) mass is 252 g/mol. The van der Waals surface area contributed by atoms with Gasteiger partial charge in [-0.2, -0.15) is 0 Å². The zero-order valence-electron chi connectivity index (χ0n) is 11.8. The Labute approximate surface area is 109 Å². The van der Waals surface area contributed by atoms with Crippen molar-refractivity contribution in [1.82, 2.24) is 0 Å². The lowest BCUT2D eigenvalue weighted by atomic mass is 9.77. The molecular formula is C15H24O3. The predicted molar refractivity (Wildman–Crippen MR) is 69.9 cm³/mol. The molecule has 18 heavy (non-hydrogen) atoms. The van der Waals surface area contributed by atoms with Crippen molar-refractivity contribution in [2.45, 2.75) is 46.1 Å². The molecule has 0 aromatic carbocycles. The minimum atomic E-state index is -0.752. The molecule has 1 heterocycles. The van der Waals surface area contributed by atoms with Crippen molar-refractivity contribution in [3.8, 4) is 0 Å². The van der Waals surface area contributed by atoms with Gasteiger partial charge in [-0.15, -0.1) is 0 Å². The molecule has 102 valence electrons. The minimum absolute atomic E-state index is 0.0729. The van der Waals surface area contributed by atoms with E-state index in [1.165, 1.54) is 0 Å². The van der Waals surface area contributed by atoms with Crippen molar-refractivity contribution in [2.24, 2.45) is 23.7 Å². The highest BCUT2D eigenvalue weighted by Crippen LogP contribution is 2.47. The fourth-order valence-corrected chi connectivity index (χ4v) is 3.40. The molecule has 1 aliphatic heterocycles. The van der Waals surface area contributed by atoms with Crippen LogP contribution in [-0.4, -0.2) is 23.1 Å². The standard InChI is InChI=1S/C15H24O3/c1-9(2)13-7-14(17)15(4,18-13)12-6-5-10(3)11(12)8-16/h7,9-12,16H,5-6,8H2,1-4H3/t10-,11-,12-,15+/m1/s1. The molecule has 1 aliphatic carbocycles. The average molecular weight is 252 g/mol. The number of aliphatic hydroxyl groups is 1. The van der Waals surface area contributed by atoms with Crippen molar-refractivity contribution >= 4 is 5.78 Å². The highest BCUT2D eigenvalue weighted by atomic mass is 16.5. The van der Waals surface area contributed by atoms with E-state index in [2.05, 4.69) is 6.92 Å². The smallest absolute Gasteiger partial charge is 0.202 e. The van der Waals surface area contributed by atoms with Crippen molar-refractivity contribution in [3.63, 3.8) is 0 Å². The highest BCUT2D eigenvalue weighted by molar-refractivity contribution is 5.99. The van der Waals surface area contributed by atoms with Crippen molar-refractivity contribution in [2.75, 3.05) is 6.61 Å². The van der Waals surface area contributed by atoms with Crippen LogP contribution in [0.15, 0.2) is 11.8 Å². The Morgan fingerprint density at radius 3 is 2.67 bits per heavy atom. The molecule has 3 heteroatoms. The Hall–Kier alpha value is -0.830. The van der Waals surface area contributed by atoms with Gasteiger partial charge in [-0.3, -0.25) is 4.79 Å². The first kappa shape index (κ1) is 13.6. The predicted octanol–water partition coefficient (Wildman–Crippen LogP) is 2.54. The molecule has 4 atom stereocenters. The number of allylic oxidation sites excluding steroid dienone is 1. The Balaban J connectivity index is 2.21. The van der Waals surface area contributed by atoms with Gasteiger partial charge in [-0.1, -0.05) is 20.8 Å². The molecule has 0 spiro atoms. The fourth-order valence-electron chi connectivity index (χ4n) is 3.40. The van der Waals surface area contributed by atoms with E-state index < -0.39 is 5.60 Å². The molecule has 0 unspecified atom stereocenters. The van der Waals surface area contributed by atoms with E-state index in [0.29, 0.717) is 5.92 Å². The Bertz CT molecular complexity index is 372. The lowest BCUT2D eigenvalue weighted by molar-refractivity contribution is -0.137. The fraction of sp³-hybridized carbons (Fsp3) is 0.800. The molecular weight excluding hydrogens is 228 g/mol. The molecule has 1 N–H and O–H groups in total. The van der Waals surface area contributed by atoms with Gasteiger partial charge in [0.15, 0.2) is 5.60 Å². The second kappa shape index (κ2) is 4.69. The Morgan fingerprint density at radius 2 is 2.17 bits per heavy atom. The zero-order valence-corrected chi connectivity index (χ0v) is 11.8. The molecule has 0 aromatic rings. The van der Waals surface area contributed by atoms with Crippen LogP contribution in [0.4, 0.5) is 0 Å². The van der Waals surface area contributed by atoms with Crippen molar-refractivity contribution in [1.29, 1.82) is 0 Å². The van der Waals surface area contributed by atoms with Crippen LogP contribution in [0, 0.1) is 23.7 Å². The first-order valence-electron chi connectivity index (χ1n) is 6.96. The summed E-state index contributed by atoms with van der Waals surface area (Å²) in [5.74, 6) is 1.89. The van der Waals surface area contributed by atoms with Crippen molar-refractivity contribution < 1.29 is 14.6 Å². The summed E-state index contributed by atoms with van der Waals surface area (Å²) in [5.41, 5.74) is -0.752. The third kappa shape index (κ3) is 1.99. The molecule has 0 aromatic heterocycles. The SMILES string of the molecule is CC(C)C1=CC(=O)[C@](C)([C@@H]2CC[C@@H](C)[C@H]2CO)O1. The van der Waals surface area contributed by atoms with Gasteiger partial charge in [-0.25, -0.2) is 0 Å². The van der Waals surface area contributed by atoms with Crippen molar-refractivity contribution in [3.05, 3.63) is 11.8 Å². The summed E-state index contributed by atoms with van der Waals surface area (Å²) in [4.78, 5) is 12.3. The number of hydrogen-bond acceptors (Lipinski definition) is 3. The summed E-state index contributed by atoms with van der Waals surface area (Å²) in [6.07, 6.45) is 3.69. The second-order valence-electron chi connectivity index (χ2n) is 6.28. The van der Waals surface area contributed by atoms with Crippen LogP contribution in [0.3, 0.4) is 0 Å². The summed E-state index contributed by atoms with van der Waals surface area (Å²) in [6.45, 7) is 8.26. The van der Waals surface area contributed by atoms with E-state index in [9.17, 15) is 9.90 Å². The quantitative estimate of drug-likeness (QED) is 0.839. The lowest BCUT2D eigenvalue weighted by Gasteiger charge is -2.35. The summed E-state index contributed by atoms with van der Waals surface area (Å²) in [5, 5.41) is 9.56. The number of ketones is 1. The van der Waals surface area contributed by atoms with Gasteiger partial charge in [0.05, 0.1) is 0 Å². The third-order valence-electron chi connectivity index (χ3n) is 4.76. The average Bonchev–Trinajstić information content (AvgIpc) is 2.82. The lowest BCUT2D eigenvalue weighted by Crippen LogP contribution is -2.44. The van der Waals surface area contributed by atoms with Crippen LogP contribution in [0.5, 0.6) is 0 Å².